The summed E-state index contributed by atoms with van der Waals surface area (Å²) in [4.78, 5) is 23.2. The number of amides is 2. The van der Waals surface area contributed by atoms with Gasteiger partial charge in [0.15, 0.2) is 6.61 Å². The Hall–Kier alpha value is -1.95. The van der Waals surface area contributed by atoms with Gasteiger partial charge in [-0.15, -0.1) is 0 Å². The lowest BCUT2D eigenvalue weighted by Gasteiger charge is -2.11. The van der Waals surface area contributed by atoms with Crippen molar-refractivity contribution in [1.29, 1.82) is 0 Å². The van der Waals surface area contributed by atoms with Crippen LogP contribution in [0.4, 0.5) is 5.69 Å². The molecule has 0 heterocycles. The van der Waals surface area contributed by atoms with Crippen LogP contribution in [0.25, 0.3) is 0 Å². The van der Waals surface area contributed by atoms with Crippen LogP contribution in [0.2, 0.25) is 15.1 Å². The SMILES string of the molecule is NC(=O)c1cc(Cl)ccc1OCC(=O)Nc1ccc(Cl)cc1Cl. The lowest BCUT2D eigenvalue weighted by Crippen LogP contribution is -2.21. The molecule has 0 saturated carbocycles. The van der Waals surface area contributed by atoms with Gasteiger partial charge >= 0.3 is 0 Å². The second-order valence-electron chi connectivity index (χ2n) is 4.47. The largest absolute Gasteiger partial charge is 0.483 e. The van der Waals surface area contributed by atoms with E-state index in [-0.39, 0.29) is 17.9 Å². The number of halogens is 3. The fourth-order valence-electron chi connectivity index (χ4n) is 1.74. The number of hydrogen-bond acceptors (Lipinski definition) is 3. The van der Waals surface area contributed by atoms with E-state index in [4.69, 9.17) is 45.3 Å². The molecule has 0 fully saturated rings. The number of benzene rings is 2. The molecule has 23 heavy (non-hydrogen) atoms. The van der Waals surface area contributed by atoms with Crippen LogP contribution in [0.1, 0.15) is 10.4 Å². The quantitative estimate of drug-likeness (QED) is 0.837. The number of nitrogens with one attached hydrogen (secondary N) is 1. The highest BCUT2D eigenvalue weighted by atomic mass is 35.5. The van der Waals surface area contributed by atoms with E-state index in [1.807, 2.05) is 0 Å². The molecule has 0 aliphatic rings. The molecule has 2 rings (SSSR count). The van der Waals surface area contributed by atoms with Gasteiger partial charge in [0.1, 0.15) is 5.75 Å². The Bertz CT molecular complexity index is 766. The van der Waals surface area contributed by atoms with E-state index in [1.165, 1.54) is 24.3 Å². The standard InChI is InChI=1S/C15H11Cl3N2O3/c16-8-2-4-13(10(5-8)15(19)22)23-7-14(21)20-12-3-1-9(17)6-11(12)18/h1-6H,7H2,(H2,19,22)(H,20,21). The van der Waals surface area contributed by atoms with Crippen molar-refractivity contribution in [2.24, 2.45) is 5.73 Å². The van der Waals surface area contributed by atoms with Gasteiger partial charge in [0.05, 0.1) is 16.3 Å². The monoisotopic (exact) mass is 372 g/mol. The molecule has 2 aromatic rings. The normalized spacial score (nSPS) is 10.2. The highest BCUT2D eigenvalue weighted by molar-refractivity contribution is 6.36. The number of carbonyl (C=O) groups excluding carboxylic acids is 2. The molecule has 0 unspecified atom stereocenters. The first-order valence-electron chi connectivity index (χ1n) is 6.34. The van der Waals surface area contributed by atoms with Crippen LogP contribution in [-0.4, -0.2) is 18.4 Å². The Morgan fingerprint density at radius 3 is 2.35 bits per heavy atom. The minimum Gasteiger partial charge on any atom is -0.483 e. The van der Waals surface area contributed by atoms with E-state index in [2.05, 4.69) is 5.32 Å². The molecular formula is C15H11Cl3N2O3. The topological polar surface area (TPSA) is 81.4 Å². The van der Waals surface area contributed by atoms with Crippen molar-refractivity contribution in [3.8, 4) is 5.75 Å². The van der Waals surface area contributed by atoms with Gasteiger partial charge in [-0.3, -0.25) is 9.59 Å². The first-order chi connectivity index (χ1) is 10.9. The molecule has 0 aliphatic heterocycles. The molecule has 8 heteroatoms. The smallest absolute Gasteiger partial charge is 0.262 e. The molecule has 2 amide bonds. The van der Waals surface area contributed by atoms with Crippen LogP contribution in [0.3, 0.4) is 0 Å². The first kappa shape index (κ1) is 17.4. The van der Waals surface area contributed by atoms with Gasteiger partial charge in [-0.2, -0.15) is 0 Å². The van der Waals surface area contributed by atoms with E-state index in [0.717, 1.165) is 0 Å². The Morgan fingerprint density at radius 2 is 1.70 bits per heavy atom. The summed E-state index contributed by atoms with van der Waals surface area (Å²) in [5, 5.41) is 3.66. The third kappa shape index (κ3) is 4.76. The van der Waals surface area contributed by atoms with Crippen molar-refractivity contribution in [1.82, 2.24) is 0 Å². The van der Waals surface area contributed by atoms with Gasteiger partial charge in [-0.25, -0.2) is 0 Å². The van der Waals surface area contributed by atoms with Gasteiger partial charge in [-0.05, 0) is 36.4 Å². The van der Waals surface area contributed by atoms with Crippen LogP contribution in [0.15, 0.2) is 36.4 Å². The summed E-state index contributed by atoms with van der Waals surface area (Å²) in [5.74, 6) is -0.998. The number of anilines is 1. The van der Waals surface area contributed by atoms with Crippen LogP contribution in [0, 0.1) is 0 Å². The number of hydrogen-bond donors (Lipinski definition) is 2. The Labute approximate surface area is 147 Å². The van der Waals surface area contributed by atoms with Crippen LogP contribution in [0.5, 0.6) is 5.75 Å². The summed E-state index contributed by atoms with van der Waals surface area (Å²) in [7, 11) is 0. The summed E-state index contributed by atoms with van der Waals surface area (Å²) >= 11 is 17.5. The van der Waals surface area contributed by atoms with Gasteiger partial charge in [0.2, 0.25) is 0 Å². The number of carbonyl (C=O) groups is 2. The van der Waals surface area contributed by atoms with E-state index >= 15 is 0 Å². The van der Waals surface area contributed by atoms with Crippen molar-refractivity contribution >= 4 is 52.3 Å². The summed E-state index contributed by atoms with van der Waals surface area (Å²) in [6, 6.07) is 9.02. The third-order valence-corrected chi connectivity index (χ3v) is 3.55. The maximum absolute atomic E-state index is 11.9. The minimum absolute atomic E-state index is 0.0924. The van der Waals surface area contributed by atoms with E-state index in [1.54, 1.807) is 12.1 Å². The van der Waals surface area contributed by atoms with Crippen LogP contribution in [-0.2, 0) is 4.79 Å². The van der Waals surface area contributed by atoms with Crippen LogP contribution < -0.4 is 15.8 Å². The third-order valence-electron chi connectivity index (χ3n) is 2.77. The number of primary amides is 1. The summed E-state index contributed by atoms with van der Waals surface area (Å²) < 4.78 is 5.31. The molecule has 120 valence electrons. The lowest BCUT2D eigenvalue weighted by molar-refractivity contribution is -0.118. The molecule has 0 aromatic heterocycles. The summed E-state index contributed by atoms with van der Waals surface area (Å²) in [5.41, 5.74) is 5.73. The number of ether oxygens (including phenoxy) is 1. The van der Waals surface area contributed by atoms with E-state index < -0.39 is 11.8 Å². The maximum Gasteiger partial charge on any atom is 0.262 e. The lowest BCUT2D eigenvalue weighted by atomic mass is 10.2. The number of nitrogens with two attached hydrogens (primary N) is 1. The Morgan fingerprint density at radius 1 is 1.04 bits per heavy atom. The molecule has 0 bridgehead atoms. The average Bonchev–Trinajstić information content (AvgIpc) is 2.48. The van der Waals surface area contributed by atoms with Crippen molar-refractivity contribution in [3.05, 3.63) is 57.0 Å². The van der Waals surface area contributed by atoms with Gasteiger partial charge in [0.25, 0.3) is 11.8 Å². The maximum atomic E-state index is 11.9. The zero-order chi connectivity index (χ0) is 17.0. The average molecular weight is 374 g/mol. The van der Waals surface area contributed by atoms with E-state index in [9.17, 15) is 9.59 Å². The second-order valence-corrected chi connectivity index (χ2v) is 5.75. The van der Waals surface area contributed by atoms with Gasteiger partial charge in [0, 0.05) is 10.0 Å². The fourth-order valence-corrected chi connectivity index (χ4v) is 2.37. The Kier molecular flexibility index (Phi) is 5.71. The molecule has 3 N–H and O–H groups in total. The highest BCUT2D eigenvalue weighted by Crippen LogP contribution is 2.26. The summed E-state index contributed by atoms with van der Waals surface area (Å²) in [6.07, 6.45) is 0. The van der Waals surface area contributed by atoms with Gasteiger partial charge in [-0.1, -0.05) is 34.8 Å². The highest BCUT2D eigenvalue weighted by Gasteiger charge is 2.13. The van der Waals surface area contributed by atoms with Crippen molar-refractivity contribution in [2.75, 3.05) is 11.9 Å². The number of rotatable bonds is 5. The first-order valence-corrected chi connectivity index (χ1v) is 7.47. The van der Waals surface area contributed by atoms with Crippen molar-refractivity contribution < 1.29 is 14.3 Å². The molecule has 5 nitrogen and oxygen atoms in total. The Balaban J connectivity index is 2.03. The van der Waals surface area contributed by atoms with Crippen molar-refractivity contribution in [2.45, 2.75) is 0 Å². The summed E-state index contributed by atoms with van der Waals surface area (Å²) in [6.45, 7) is -0.332. The molecule has 0 radical (unpaired) electrons. The molecule has 0 saturated heterocycles. The molecule has 0 aliphatic carbocycles. The predicted octanol–water partition coefficient (Wildman–Crippen LogP) is 3.76. The zero-order valence-corrected chi connectivity index (χ0v) is 13.9. The predicted molar refractivity (Wildman–Crippen MR) is 90.6 cm³/mol. The zero-order valence-electron chi connectivity index (χ0n) is 11.6. The second kappa shape index (κ2) is 7.55. The molecular weight excluding hydrogens is 363 g/mol. The minimum atomic E-state index is -0.705. The van der Waals surface area contributed by atoms with E-state index in [0.29, 0.717) is 20.8 Å². The molecule has 2 aromatic carbocycles. The fraction of sp³-hybridized carbons (Fsp3) is 0.0667. The molecule has 0 atom stereocenters. The van der Waals surface area contributed by atoms with Crippen molar-refractivity contribution in [3.63, 3.8) is 0 Å². The molecule has 0 spiro atoms. The van der Waals surface area contributed by atoms with Gasteiger partial charge < -0.3 is 15.8 Å². The van der Waals surface area contributed by atoms with Crippen LogP contribution >= 0.6 is 34.8 Å².